The van der Waals surface area contributed by atoms with E-state index in [4.69, 9.17) is 9.05 Å². The maximum absolute atomic E-state index is 12.9. The molecular formula is C15H33N2O3PS2. The van der Waals surface area contributed by atoms with Crippen LogP contribution < -0.4 is 0 Å². The molecule has 0 aromatic rings. The Morgan fingerprint density at radius 1 is 0.870 bits per heavy atom. The Labute approximate surface area is 150 Å². The second-order valence-electron chi connectivity index (χ2n) is 4.53. The van der Waals surface area contributed by atoms with Crippen molar-refractivity contribution in [2.45, 2.75) is 41.5 Å². The Morgan fingerprint density at radius 3 is 1.52 bits per heavy atom. The van der Waals surface area contributed by atoms with Gasteiger partial charge in [-0.3, -0.25) is 0 Å². The topological polar surface area (TPSA) is 42.0 Å². The molecule has 23 heavy (non-hydrogen) atoms. The Morgan fingerprint density at radius 2 is 1.26 bits per heavy atom. The van der Waals surface area contributed by atoms with Gasteiger partial charge in [0.25, 0.3) is 0 Å². The van der Waals surface area contributed by atoms with Gasteiger partial charge in [0.15, 0.2) is 0 Å². The van der Waals surface area contributed by atoms with E-state index in [-0.39, 0.29) is 0 Å². The van der Waals surface area contributed by atoms with E-state index in [1.807, 2.05) is 20.1 Å². The van der Waals surface area contributed by atoms with Crippen LogP contribution in [-0.2, 0) is 13.6 Å². The van der Waals surface area contributed by atoms with Gasteiger partial charge in [0, 0.05) is 37.6 Å². The molecule has 0 saturated carbocycles. The Hall–Kier alpha value is 0.190. The summed E-state index contributed by atoms with van der Waals surface area (Å²) in [6, 6.07) is 0. The predicted molar refractivity (Wildman–Crippen MR) is 105 cm³/mol. The van der Waals surface area contributed by atoms with Crippen LogP contribution in [0.15, 0.2) is 10.1 Å². The van der Waals surface area contributed by atoms with Crippen molar-refractivity contribution in [2.24, 2.45) is 0 Å². The van der Waals surface area contributed by atoms with Crippen molar-refractivity contribution in [3.63, 3.8) is 0 Å². The second-order valence-corrected chi connectivity index (χ2v) is 9.50. The number of rotatable bonds is 13. The predicted octanol–water partition coefficient (Wildman–Crippen LogP) is 5.07. The van der Waals surface area contributed by atoms with Gasteiger partial charge < -0.3 is 18.8 Å². The monoisotopic (exact) mass is 384 g/mol. The second kappa shape index (κ2) is 12.5. The van der Waals surface area contributed by atoms with Crippen molar-refractivity contribution in [2.75, 3.05) is 45.6 Å². The van der Waals surface area contributed by atoms with Crippen LogP contribution in [0.2, 0.25) is 0 Å². The molecule has 0 amide bonds. The molecule has 0 aromatic heterocycles. The molecule has 0 fully saturated rings. The van der Waals surface area contributed by atoms with Crippen LogP contribution in [0.25, 0.3) is 0 Å². The molecule has 0 aliphatic rings. The van der Waals surface area contributed by atoms with Crippen LogP contribution in [-0.4, -0.2) is 55.4 Å². The first-order valence-corrected chi connectivity index (χ1v) is 12.5. The molecule has 138 valence electrons. The van der Waals surface area contributed by atoms with Crippen molar-refractivity contribution in [1.29, 1.82) is 0 Å². The summed E-state index contributed by atoms with van der Waals surface area (Å²) in [5, 5.41) is 0. The largest absolute Gasteiger partial charge is 0.394 e. The van der Waals surface area contributed by atoms with Gasteiger partial charge >= 0.3 is 6.80 Å². The quantitative estimate of drug-likeness (QED) is 0.410. The summed E-state index contributed by atoms with van der Waals surface area (Å²) in [5.41, 5.74) is 0. The van der Waals surface area contributed by atoms with Crippen molar-refractivity contribution in [3.8, 4) is 0 Å². The maximum Gasteiger partial charge on any atom is 0.394 e. The van der Waals surface area contributed by atoms with Crippen molar-refractivity contribution >= 4 is 29.9 Å². The molecule has 0 aromatic carbocycles. The van der Waals surface area contributed by atoms with Crippen LogP contribution >= 0.6 is 29.9 Å². The minimum atomic E-state index is -3.18. The van der Waals surface area contributed by atoms with Gasteiger partial charge in [-0.25, -0.2) is 4.57 Å². The lowest BCUT2D eigenvalue weighted by Crippen LogP contribution is -2.36. The first-order valence-electron chi connectivity index (χ1n) is 8.33. The van der Waals surface area contributed by atoms with Gasteiger partial charge in [-0.05, 0) is 47.8 Å². The van der Waals surface area contributed by atoms with Gasteiger partial charge in [-0.2, -0.15) is 0 Å². The fourth-order valence-electron chi connectivity index (χ4n) is 2.18. The summed E-state index contributed by atoms with van der Waals surface area (Å²) < 4.78 is 24.8. The molecule has 5 nitrogen and oxygen atoms in total. The summed E-state index contributed by atoms with van der Waals surface area (Å²) >= 11 is 2.84. The molecule has 8 heteroatoms. The van der Waals surface area contributed by atoms with Crippen LogP contribution in [0, 0.1) is 0 Å². The zero-order chi connectivity index (χ0) is 17.9. The zero-order valence-electron chi connectivity index (χ0n) is 15.6. The highest BCUT2D eigenvalue weighted by Gasteiger charge is 2.30. The minimum absolute atomic E-state index is 0.373. The number of hydrogen-bond donors (Lipinski definition) is 0. The van der Waals surface area contributed by atoms with Gasteiger partial charge in [0.2, 0.25) is 0 Å². The molecule has 0 atom stereocenters. The summed E-state index contributed by atoms with van der Waals surface area (Å²) in [4.78, 5) is 4.60. The van der Waals surface area contributed by atoms with E-state index in [1.165, 1.54) is 11.4 Å². The first-order chi connectivity index (χ1) is 11.0. The van der Waals surface area contributed by atoms with E-state index in [9.17, 15) is 4.57 Å². The lowest BCUT2D eigenvalue weighted by molar-refractivity contribution is 0.233. The molecule has 0 rings (SSSR count). The van der Waals surface area contributed by atoms with E-state index in [0.29, 0.717) is 13.2 Å². The smallest absolute Gasteiger partial charge is 0.357 e. The first kappa shape index (κ1) is 23.2. The van der Waals surface area contributed by atoms with Gasteiger partial charge in [0.1, 0.15) is 5.82 Å². The van der Waals surface area contributed by atoms with Gasteiger partial charge in [-0.15, -0.1) is 11.8 Å². The van der Waals surface area contributed by atoms with Crippen LogP contribution in [0.1, 0.15) is 41.5 Å². The Kier molecular flexibility index (Phi) is 12.6. The third-order valence-electron chi connectivity index (χ3n) is 3.26. The van der Waals surface area contributed by atoms with Crippen molar-refractivity contribution < 1.29 is 13.6 Å². The van der Waals surface area contributed by atoms with Crippen LogP contribution in [0.4, 0.5) is 0 Å². The standard InChI is InChI=1S/C15H33N2O3PS2/c1-8-16(9-2)14(17(10-3)11-4)15(22-7)23-21(18,19-12-5)20-13-6/h8-13H2,1-7H3. The average Bonchev–Trinajstić information content (AvgIpc) is 2.54. The number of nitrogens with zero attached hydrogens (tertiary/aromatic N) is 2. The van der Waals surface area contributed by atoms with Gasteiger partial charge in [0.05, 0.1) is 17.5 Å². The molecule has 0 bridgehead atoms. The van der Waals surface area contributed by atoms with E-state index in [2.05, 4.69) is 37.5 Å². The Bertz CT molecular complexity index is 376. The summed E-state index contributed by atoms with van der Waals surface area (Å²) in [5.74, 6) is 1.12. The fourth-order valence-corrected chi connectivity index (χ4v) is 7.57. The number of hydrogen-bond acceptors (Lipinski definition) is 7. The third-order valence-corrected chi connectivity index (χ3v) is 8.51. The summed E-state index contributed by atoms with van der Waals surface area (Å²) in [7, 11) is 0. The maximum atomic E-state index is 12.9. The zero-order valence-corrected chi connectivity index (χ0v) is 18.2. The summed E-state index contributed by atoms with van der Waals surface area (Å²) in [6.07, 6.45) is 2.01. The molecular weight excluding hydrogens is 351 g/mol. The van der Waals surface area contributed by atoms with Crippen molar-refractivity contribution in [1.82, 2.24) is 9.80 Å². The highest BCUT2D eigenvalue weighted by Crippen LogP contribution is 2.65. The van der Waals surface area contributed by atoms with E-state index in [1.54, 1.807) is 11.8 Å². The van der Waals surface area contributed by atoms with E-state index >= 15 is 0 Å². The molecule has 0 unspecified atom stereocenters. The highest BCUT2D eigenvalue weighted by molar-refractivity contribution is 8.60. The molecule has 0 spiro atoms. The minimum Gasteiger partial charge on any atom is -0.357 e. The molecule has 0 radical (unpaired) electrons. The normalized spacial score (nSPS) is 11.4. The third kappa shape index (κ3) is 7.30. The van der Waals surface area contributed by atoms with Crippen molar-refractivity contribution in [3.05, 3.63) is 10.1 Å². The Balaban J connectivity index is 5.85. The lowest BCUT2D eigenvalue weighted by Gasteiger charge is -2.35. The SMILES string of the molecule is CCOP(=O)(OCC)SC(SC)=C(N(CC)CC)N(CC)CC. The number of thioether (sulfide) groups is 1. The molecule has 0 saturated heterocycles. The fraction of sp³-hybridized carbons (Fsp3) is 0.867. The van der Waals surface area contributed by atoms with E-state index in [0.717, 1.165) is 36.2 Å². The lowest BCUT2D eigenvalue weighted by atomic mass is 10.4. The molecule has 0 aliphatic carbocycles. The van der Waals surface area contributed by atoms with Crippen LogP contribution in [0.3, 0.4) is 0 Å². The average molecular weight is 385 g/mol. The molecule has 0 N–H and O–H groups in total. The molecule has 0 heterocycles. The van der Waals surface area contributed by atoms with Crippen LogP contribution in [0.5, 0.6) is 0 Å². The van der Waals surface area contributed by atoms with Gasteiger partial charge in [-0.1, -0.05) is 0 Å². The summed E-state index contributed by atoms with van der Waals surface area (Å²) in [6.45, 7) is 13.4. The highest BCUT2D eigenvalue weighted by atomic mass is 32.7. The molecule has 0 aliphatic heterocycles. The van der Waals surface area contributed by atoms with E-state index < -0.39 is 6.80 Å².